The molecule has 2 aliphatic heterocycles. The van der Waals surface area contributed by atoms with Gasteiger partial charge in [-0.1, -0.05) is 6.92 Å². The highest BCUT2D eigenvalue weighted by Crippen LogP contribution is 2.08. The van der Waals surface area contributed by atoms with Crippen molar-refractivity contribution in [1.29, 1.82) is 0 Å². The molecule has 0 saturated carbocycles. The summed E-state index contributed by atoms with van der Waals surface area (Å²) in [7, 11) is 0. The minimum atomic E-state index is 0.284. The van der Waals surface area contributed by atoms with E-state index in [1.165, 1.54) is 19.4 Å². The highest BCUT2D eigenvalue weighted by molar-refractivity contribution is 4.76. The van der Waals surface area contributed by atoms with Crippen LogP contribution in [0.3, 0.4) is 0 Å². The summed E-state index contributed by atoms with van der Waals surface area (Å²) in [4.78, 5) is 2.50. The lowest BCUT2D eigenvalue weighted by Gasteiger charge is -2.28. The highest BCUT2D eigenvalue weighted by Gasteiger charge is 2.20. The first-order valence-corrected chi connectivity index (χ1v) is 6.53. The molecule has 4 heteroatoms. The molecule has 0 bridgehead atoms. The van der Waals surface area contributed by atoms with Gasteiger partial charge in [-0.3, -0.25) is 4.90 Å². The average molecular weight is 228 g/mol. The number of hydrogen-bond donors (Lipinski definition) is 1. The molecule has 0 aromatic heterocycles. The molecular formula is C12H24N2O2. The summed E-state index contributed by atoms with van der Waals surface area (Å²) >= 11 is 0. The lowest BCUT2D eigenvalue weighted by molar-refractivity contribution is -0.0971. The molecule has 0 spiro atoms. The fraction of sp³-hybridized carbons (Fsp3) is 1.00. The molecule has 2 aliphatic rings. The second kappa shape index (κ2) is 6.55. The van der Waals surface area contributed by atoms with Crippen LogP contribution >= 0.6 is 0 Å². The lowest BCUT2D eigenvalue weighted by atomic mass is 10.1. The Morgan fingerprint density at radius 1 is 1.31 bits per heavy atom. The lowest BCUT2D eigenvalue weighted by Crippen LogP contribution is -2.41. The van der Waals surface area contributed by atoms with Crippen LogP contribution in [0.2, 0.25) is 0 Å². The molecule has 0 amide bonds. The molecule has 0 aliphatic carbocycles. The molecule has 16 heavy (non-hydrogen) atoms. The summed E-state index contributed by atoms with van der Waals surface area (Å²) in [5.41, 5.74) is 0. The van der Waals surface area contributed by atoms with Crippen LogP contribution in [0.15, 0.2) is 0 Å². The van der Waals surface area contributed by atoms with Crippen molar-refractivity contribution in [3.63, 3.8) is 0 Å². The minimum Gasteiger partial charge on any atom is -0.376 e. The number of ether oxygens (including phenoxy) is 2. The van der Waals surface area contributed by atoms with E-state index >= 15 is 0 Å². The van der Waals surface area contributed by atoms with Gasteiger partial charge in [0.1, 0.15) is 0 Å². The molecule has 0 aromatic rings. The Balaban J connectivity index is 1.72. The molecule has 0 radical (unpaired) electrons. The predicted octanol–water partition coefficient (Wildman–Crippen LogP) is 0.476. The normalized spacial score (nSPS) is 33.6. The fourth-order valence-corrected chi connectivity index (χ4v) is 2.44. The summed E-state index contributed by atoms with van der Waals surface area (Å²) in [5.74, 6) is 0. The Morgan fingerprint density at radius 3 is 3.00 bits per heavy atom. The molecule has 2 fully saturated rings. The quantitative estimate of drug-likeness (QED) is 0.761. The van der Waals surface area contributed by atoms with Crippen molar-refractivity contribution < 1.29 is 9.47 Å². The molecule has 2 rings (SSSR count). The standard InChI is InChI=1S/C12H24N2O2/c1-2-11-3-5-14(6-4-13-11)9-12-10-15-7-8-16-12/h11-13H,2-10H2,1H3. The van der Waals surface area contributed by atoms with Crippen LogP contribution in [-0.4, -0.2) is 63.0 Å². The number of hydrogen-bond acceptors (Lipinski definition) is 4. The summed E-state index contributed by atoms with van der Waals surface area (Å²) in [6, 6.07) is 0.702. The summed E-state index contributed by atoms with van der Waals surface area (Å²) in [5, 5.41) is 3.58. The minimum absolute atomic E-state index is 0.284. The van der Waals surface area contributed by atoms with Gasteiger partial charge < -0.3 is 14.8 Å². The van der Waals surface area contributed by atoms with Gasteiger partial charge in [-0.15, -0.1) is 0 Å². The van der Waals surface area contributed by atoms with Gasteiger partial charge in [0.15, 0.2) is 0 Å². The van der Waals surface area contributed by atoms with E-state index in [-0.39, 0.29) is 6.10 Å². The van der Waals surface area contributed by atoms with Crippen LogP contribution in [0, 0.1) is 0 Å². The van der Waals surface area contributed by atoms with Crippen molar-refractivity contribution in [3.05, 3.63) is 0 Å². The summed E-state index contributed by atoms with van der Waals surface area (Å²) < 4.78 is 11.1. The van der Waals surface area contributed by atoms with E-state index in [1.807, 2.05) is 0 Å². The topological polar surface area (TPSA) is 33.7 Å². The number of nitrogens with zero attached hydrogens (tertiary/aromatic N) is 1. The third-order valence-corrected chi connectivity index (χ3v) is 3.49. The van der Waals surface area contributed by atoms with Crippen molar-refractivity contribution in [2.75, 3.05) is 46.0 Å². The van der Waals surface area contributed by atoms with Gasteiger partial charge in [0, 0.05) is 25.7 Å². The smallest absolute Gasteiger partial charge is 0.0936 e. The molecule has 1 N–H and O–H groups in total. The summed E-state index contributed by atoms with van der Waals surface area (Å²) in [6.45, 7) is 8.99. The van der Waals surface area contributed by atoms with E-state index in [2.05, 4.69) is 17.1 Å². The van der Waals surface area contributed by atoms with Crippen LogP contribution in [0.25, 0.3) is 0 Å². The Labute approximate surface area is 98.3 Å². The van der Waals surface area contributed by atoms with Crippen LogP contribution < -0.4 is 5.32 Å². The Bertz CT molecular complexity index is 195. The molecular weight excluding hydrogens is 204 g/mol. The molecule has 94 valence electrons. The average Bonchev–Trinajstić information content (AvgIpc) is 2.56. The van der Waals surface area contributed by atoms with Gasteiger partial charge >= 0.3 is 0 Å². The molecule has 2 unspecified atom stereocenters. The second-order valence-electron chi connectivity index (χ2n) is 4.72. The third-order valence-electron chi connectivity index (χ3n) is 3.49. The predicted molar refractivity (Wildman–Crippen MR) is 63.7 cm³/mol. The maximum absolute atomic E-state index is 5.69. The first-order valence-electron chi connectivity index (χ1n) is 6.53. The van der Waals surface area contributed by atoms with E-state index in [0.29, 0.717) is 6.04 Å². The molecule has 0 aromatic carbocycles. The van der Waals surface area contributed by atoms with E-state index in [4.69, 9.17) is 9.47 Å². The van der Waals surface area contributed by atoms with E-state index in [0.717, 1.165) is 39.5 Å². The maximum Gasteiger partial charge on any atom is 0.0936 e. The van der Waals surface area contributed by atoms with Crippen molar-refractivity contribution in [2.24, 2.45) is 0 Å². The van der Waals surface area contributed by atoms with Crippen LogP contribution in [0.1, 0.15) is 19.8 Å². The van der Waals surface area contributed by atoms with Gasteiger partial charge in [-0.05, 0) is 19.4 Å². The van der Waals surface area contributed by atoms with E-state index < -0.39 is 0 Å². The van der Waals surface area contributed by atoms with Gasteiger partial charge in [-0.2, -0.15) is 0 Å². The molecule has 2 saturated heterocycles. The van der Waals surface area contributed by atoms with Crippen molar-refractivity contribution >= 4 is 0 Å². The van der Waals surface area contributed by atoms with Gasteiger partial charge in [0.05, 0.1) is 25.9 Å². The van der Waals surface area contributed by atoms with E-state index in [9.17, 15) is 0 Å². The molecule has 4 nitrogen and oxygen atoms in total. The zero-order chi connectivity index (χ0) is 11.2. The van der Waals surface area contributed by atoms with Gasteiger partial charge in [-0.25, -0.2) is 0 Å². The zero-order valence-corrected chi connectivity index (χ0v) is 10.3. The van der Waals surface area contributed by atoms with Crippen LogP contribution in [0.5, 0.6) is 0 Å². The van der Waals surface area contributed by atoms with Crippen molar-refractivity contribution in [2.45, 2.75) is 31.9 Å². The molecule has 2 heterocycles. The highest BCUT2D eigenvalue weighted by atomic mass is 16.6. The Hall–Kier alpha value is -0.160. The van der Waals surface area contributed by atoms with Crippen molar-refractivity contribution in [1.82, 2.24) is 10.2 Å². The first kappa shape index (κ1) is 12.3. The monoisotopic (exact) mass is 228 g/mol. The Morgan fingerprint density at radius 2 is 2.25 bits per heavy atom. The molecule has 2 atom stereocenters. The van der Waals surface area contributed by atoms with Crippen molar-refractivity contribution in [3.8, 4) is 0 Å². The first-order chi connectivity index (χ1) is 7.88. The number of nitrogens with one attached hydrogen (secondary N) is 1. The maximum atomic E-state index is 5.69. The van der Waals surface area contributed by atoms with Gasteiger partial charge in [0.25, 0.3) is 0 Å². The van der Waals surface area contributed by atoms with Crippen LogP contribution in [0.4, 0.5) is 0 Å². The van der Waals surface area contributed by atoms with Crippen LogP contribution in [-0.2, 0) is 9.47 Å². The van der Waals surface area contributed by atoms with E-state index in [1.54, 1.807) is 0 Å². The summed E-state index contributed by atoms with van der Waals surface area (Å²) in [6.07, 6.45) is 2.77. The van der Waals surface area contributed by atoms with Gasteiger partial charge in [0.2, 0.25) is 0 Å². The largest absolute Gasteiger partial charge is 0.376 e. The number of rotatable bonds is 3. The fourth-order valence-electron chi connectivity index (χ4n) is 2.44. The Kier molecular flexibility index (Phi) is 5.03. The second-order valence-corrected chi connectivity index (χ2v) is 4.72. The zero-order valence-electron chi connectivity index (χ0n) is 10.3. The SMILES string of the molecule is CCC1CCN(CC2COCCO2)CCN1. The third kappa shape index (κ3) is 3.70.